The monoisotopic (exact) mass is 214 g/mol. The maximum Gasteiger partial charge on any atom is 0.261 e. The van der Waals surface area contributed by atoms with Gasteiger partial charge in [0.2, 0.25) is 5.91 Å². The molecule has 0 aromatic heterocycles. The van der Waals surface area contributed by atoms with E-state index in [0.29, 0.717) is 11.6 Å². The molecule has 2 amide bonds. The first-order valence-electron chi connectivity index (χ1n) is 4.72. The molecule has 0 aliphatic carbocycles. The quantitative estimate of drug-likeness (QED) is 0.770. The van der Waals surface area contributed by atoms with Crippen LogP contribution in [0.1, 0.15) is 33.1 Å². The maximum atomic E-state index is 11.3. The molecule has 0 bridgehead atoms. The van der Waals surface area contributed by atoms with Gasteiger partial charge >= 0.3 is 0 Å². The van der Waals surface area contributed by atoms with Crippen LogP contribution in [0.4, 0.5) is 0 Å². The van der Waals surface area contributed by atoms with Crippen molar-refractivity contribution in [3.8, 4) is 0 Å². The molecule has 0 saturated carbocycles. The molecule has 0 fully saturated rings. The van der Waals surface area contributed by atoms with E-state index in [0.717, 1.165) is 12.8 Å². The minimum absolute atomic E-state index is 0.0556. The molecule has 5 heteroatoms. The average molecular weight is 214 g/mol. The number of hydrogen-bond donors (Lipinski definition) is 1. The number of unbranched alkanes of at least 4 members (excludes halogenated alkanes) is 1. The van der Waals surface area contributed by atoms with Gasteiger partial charge in [-0.05, 0) is 13.3 Å². The fraction of sp³-hybridized carbons (Fsp3) is 0.667. The molecule has 1 heterocycles. The van der Waals surface area contributed by atoms with Gasteiger partial charge in [-0.1, -0.05) is 25.1 Å². The van der Waals surface area contributed by atoms with Gasteiger partial charge in [-0.3, -0.25) is 9.59 Å². The van der Waals surface area contributed by atoms with Crippen molar-refractivity contribution >= 4 is 28.7 Å². The van der Waals surface area contributed by atoms with Crippen LogP contribution in [0.15, 0.2) is 4.99 Å². The highest BCUT2D eigenvalue weighted by atomic mass is 32.2. The molecule has 0 aromatic carbocycles. The van der Waals surface area contributed by atoms with Crippen LogP contribution in [-0.4, -0.2) is 22.2 Å². The summed E-state index contributed by atoms with van der Waals surface area (Å²) in [6.07, 6.45) is 2.36. The smallest absolute Gasteiger partial charge is 0.261 e. The largest absolute Gasteiger partial charge is 0.305 e. The lowest BCUT2D eigenvalue weighted by molar-refractivity contribution is -0.119. The molecule has 1 rings (SSSR count). The van der Waals surface area contributed by atoms with Crippen molar-refractivity contribution in [3.05, 3.63) is 0 Å². The van der Waals surface area contributed by atoms with E-state index in [9.17, 15) is 9.59 Å². The first kappa shape index (κ1) is 11.2. The van der Waals surface area contributed by atoms with E-state index >= 15 is 0 Å². The Morgan fingerprint density at radius 2 is 2.36 bits per heavy atom. The lowest BCUT2D eigenvalue weighted by Gasteiger charge is -2.02. The molecule has 1 atom stereocenters. The van der Waals surface area contributed by atoms with E-state index in [-0.39, 0.29) is 17.1 Å². The molecule has 0 spiro atoms. The van der Waals surface area contributed by atoms with Crippen molar-refractivity contribution < 1.29 is 9.59 Å². The van der Waals surface area contributed by atoms with Crippen molar-refractivity contribution in [2.75, 3.05) is 0 Å². The van der Waals surface area contributed by atoms with Gasteiger partial charge in [-0.25, -0.2) is 0 Å². The van der Waals surface area contributed by atoms with E-state index in [2.05, 4.69) is 10.3 Å². The highest BCUT2D eigenvalue weighted by molar-refractivity contribution is 8.15. The fourth-order valence-corrected chi connectivity index (χ4v) is 1.82. The zero-order valence-corrected chi connectivity index (χ0v) is 9.19. The third-order valence-corrected chi connectivity index (χ3v) is 2.82. The van der Waals surface area contributed by atoms with Crippen LogP contribution in [0, 0.1) is 0 Å². The molecular weight excluding hydrogens is 200 g/mol. The predicted octanol–water partition coefficient (Wildman–Crippen LogP) is 1.31. The average Bonchev–Trinajstić information content (AvgIpc) is 2.42. The van der Waals surface area contributed by atoms with E-state index in [4.69, 9.17) is 0 Å². The first-order chi connectivity index (χ1) is 6.63. The van der Waals surface area contributed by atoms with Gasteiger partial charge in [0.1, 0.15) is 0 Å². The molecule has 0 aromatic rings. The summed E-state index contributed by atoms with van der Waals surface area (Å²) in [6, 6.07) is 0. The van der Waals surface area contributed by atoms with Crippen LogP contribution in [0.2, 0.25) is 0 Å². The Labute approximate surface area is 87.5 Å². The molecule has 0 radical (unpaired) electrons. The normalized spacial score (nSPS) is 20.9. The first-order valence-corrected chi connectivity index (χ1v) is 5.60. The molecule has 1 unspecified atom stereocenters. The number of thioether (sulfide) groups is 1. The van der Waals surface area contributed by atoms with E-state index in [1.807, 2.05) is 6.92 Å². The SMILES string of the molecule is CCCCC(=O)NC1=NC(=O)C(C)S1. The summed E-state index contributed by atoms with van der Waals surface area (Å²) in [7, 11) is 0. The zero-order chi connectivity index (χ0) is 10.6. The number of carbonyl (C=O) groups is 2. The van der Waals surface area contributed by atoms with Crippen molar-refractivity contribution in [2.45, 2.75) is 38.4 Å². The summed E-state index contributed by atoms with van der Waals surface area (Å²) in [5.41, 5.74) is 0. The minimum Gasteiger partial charge on any atom is -0.305 e. The Morgan fingerprint density at radius 1 is 1.64 bits per heavy atom. The summed E-state index contributed by atoms with van der Waals surface area (Å²) >= 11 is 1.30. The van der Waals surface area contributed by atoms with Crippen LogP contribution in [0.3, 0.4) is 0 Å². The Kier molecular flexibility index (Phi) is 4.13. The third kappa shape index (κ3) is 3.14. The number of carbonyl (C=O) groups excluding carboxylic acids is 2. The van der Waals surface area contributed by atoms with Gasteiger partial charge in [-0.2, -0.15) is 4.99 Å². The number of amidine groups is 1. The number of nitrogens with one attached hydrogen (secondary N) is 1. The molecule has 1 aliphatic rings. The second kappa shape index (κ2) is 5.14. The Hall–Kier alpha value is -0.840. The van der Waals surface area contributed by atoms with Crippen LogP contribution < -0.4 is 5.32 Å². The molecule has 78 valence electrons. The number of aliphatic imine (C=N–C) groups is 1. The molecular formula is C9H14N2O2S. The van der Waals surface area contributed by atoms with E-state index in [1.165, 1.54) is 11.8 Å². The van der Waals surface area contributed by atoms with Crippen molar-refractivity contribution in [3.63, 3.8) is 0 Å². The van der Waals surface area contributed by atoms with Gasteiger partial charge in [-0.15, -0.1) is 0 Å². The number of hydrogen-bond acceptors (Lipinski definition) is 3. The van der Waals surface area contributed by atoms with E-state index in [1.54, 1.807) is 6.92 Å². The topological polar surface area (TPSA) is 58.5 Å². The van der Waals surface area contributed by atoms with E-state index < -0.39 is 0 Å². The van der Waals surface area contributed by atoms with Gasteiger partial charge in [0, 0.05) is 6.42 Å². The second-order valence-corrected chi connectivity index (χ2v) is 4.50. The molecule has 0 saturated heterocycles. The maximum absolute atomic E-state index is 11.3. The summed E-state index contributed by atoms with van der Waals surface area (Å²) in [4.78, 5) is 26.0. The highest BCUT2D eigenvalue weighted by Crippen LogP contribution is 2.19. The van der Waals surface area contributed by atoms with Gasteiger partial charge < -0.3 is 5.32 Å². The number of nitrogens with zero attached hydrogens (tertiary/aromatic N) is 1. The Balaban J connectivity index is 2.35. The van der Waals surface area contributed by atoms with Crippen LogP contribution in [-0.2, 0) is 9.59 Å². The standard InChI is InChI=1S/C9H14N2O2S/c1-3-4-5-7(12)10-9-11-8(13)6(2)14-9/h6H,3-5H2,1-2H3,(H,10,11,12,13). The zero-order valence-electron chi connectivity index (χ0n) is 8.37. The Bertz CT molecular complexity index is 276. The lowest BCUT2D eigenvalue weighted by atomic mass is 10.2. The summed E-state index contributed by atoms with van der Waals surface area (Å²) in [5.74, 6) is -0.221. The third-order valence-electron chi connectivity index (χ3n) is 1.85. The fourth-order valence-electron chi connectivity index (χ4n) is 1.01. The van der Waals surface area contributed by atoms with Crippen molar-refractivity contribution in [2.24, 2.45) is 4.99 Å². The summed E-state index contributed by atoms with van der Waals surface area (Å²) in [6.45, 7) is 3.81. The number of amides is 2. The molecule has 1 N–H and O–H groups in total. The second-order valence-electron chi connectivity index (χ2n) is 3.17. The van der Waals surface area contributed by atoms with Gasteiger partial charge in [0.25, 0.3) is 5.91 Å². The molecule has 1 aliphatic heterocycles. The highest BCUT2D eigenvalue weighted by Gasteiger charge is 2.24. The van der Waals surface area contributed by atoms with Crippen LogP contribution >= 0.6 is 11.8 Å². The van der Waals surface area contributed by atoms with Crippen LogP contribution in [0.5, 0.6) is 0 Å². The predicted molar refractivity (Wildman–Crippen MR) is 57.2 cm³/mol. The summed E-state index contributed by atoms with van der Waals surface area (Å²) in [5, 5.41) is 2.92. The minimum atomic E-state index is -0.166. The van der Waals surface area contributed by atoms with Gasteiger partial charge in [0.15, 0.2) is 5.17 Å². The van der Waals surface area contributed by atoms with Gasteiger partial charge in [0.05, 0.1) is 5.25 Å². The summed E-state index contributed by atoms with van der Waals surface area (Å²) < 4.78 is 0. The molecule has 14 heavy (non-hydrogen) atoms. The van der Waals surface area contributed by atoms with Crippen LogP contribution in [0.25, 0.3) is 0 Å². The molecule has 4 nitrogen and oxygen atoms in total. The van der Waals surface area contributed by atoms with Crippen molar-refractivity contribution in [1.29, 1.82) is 0 Å². The Morgan fingerprint density at radius 3 is 2.86 bits per heavy atom. The number of rotatable bonds is 3. The van der Waals surface area contributed by atoms with Crippen molar-refractivity contribution in [1.82, 2.24) is 5.32 Å². The lowest BCUT2D eigenvalue weighted by Crippen LogP contribution is -2.27.